The summed E-state index contributed by atoms with van der Waals surface area (Å²) in [4.78, 5) is 55.6. The van der Waals surface area contributed by atoms with Crippen LogP contribution >= 0.6 is 0 Å². The molecule has 1 fully saturated rings. The van der Waals surface area contributed by atoms with Crippen LogP contribution in [0.3, 0.4) is 0 Å². The second-order valence-electron chi connectivity index (χ2n) is 8.76. The molecule has 1 aromatic rings. The van der Waals surface area contributed by atoms with Gasteiger partial charge in [-0.1, -0.05) is 12.1 Å². The largest absolute Gasteiger partial charge is 0.508 e. The zero-order valence-corrected chi connectivity index (χ0v) is 20.4. The van der Waals surface area contributed by atoms with E-state index in [9.17, 15) is 34.5 Å². The number of guanidine groups is 1. The smallest absolute Gasteiger partial charge is 0.326 e. The van der Waals surface area contributed by atoms with Gasteiger partial charge < -0.3 is 48.1 Å². The van der Waals surface area contributed by atoms with Crippen LogP contribution < -0.4 is 27.8 Å². The van der Waals surface area contributed by atoms with E-state index in [0.29, 0.717) is 24.8 Å². The third-order valence-electron chi connectivity index (χ3n) is 5.92. The molecule has 4 unspecified atom stereocenters. The number of hydrogen-bond acceptors (Lipinski definition) is 8. The van der Waals surface area contributed by atoms with E-state index in [2.05, 4.69) is 15.6 Å². The Balaban J connectivity index is 2.15. The standard InChI is InChI=1S/C23H35N7O7/c24-15(12-31)21(35)30-10-2-4-18(30)20(34)28-16(3-1-9-27-23(25)26)19(33)29-17(22(36)37)11-13-5-7-14(32)8-6-13/h5-8,15-18,31-32H,1-4,9-12,24H2,(H,28,34)(H,29,33)(H,36,37)(H4,25,26,27). The zero-order chi connectivity index (χ0) is 27.5. The van der Waals surface area contributed by atoms with Crippen LogP contribution in [0.2, 0.25) is 0 Å². The number of rotatable bonds is 13. The van der Waals surface area contributed by atoms with Gasteiger partial charge in [-0.3, -0.25) is 19.4 Å². The Morgan fingerprint density at radius 1 is 1.11 bits per heavy atom. The first-order chi connectivity index (χ1) is 17.5. The van der Waals surface area contributed by atoms with Crippen LogP contribution in [0.1, 0.15) is 31.2 Å². The van der Waals surface area contributed by atoms with Gasteiger partial charge in [0.2, 0.25) is 17.7 Å². The van der Waals surface area contributed by atoms with Crippen molar-refractivity contribution in [3.05, 3.63) is 29.8 Å². The Hall–Kier alpha value is -3.91. The van der Waals surface area contributed by atoms with Gasteiger partial charge in [0.05, 0.1) is 6.61 Å². The number of carbonyl (C=O) groups is 4. The first-order valence-corrected chi connectivity index (χ1v) is 11.9. The van der Waals surface area contributed by atoms with Gasteiger partial charge in [-0.2, -0.15) is 0 Å². The van der Waals surface area contributed by atoms with Gasteiger partial charge in [-0.05, 0) is 43.4 Å². The molecule has 1 aliphatic heterocycles. The number of carboxylic acids is 1. The average Bonchev–Trinajstić information content (AvgIpc) is 3.35. The number of aliphatic carboxylic acids is 1. The molecule has 1 saturated heterocycles. The monoisotopic (exact) mass is 521 g/mol. The van der Waals surface area contributed by atoms with E-state index < -0.39 is 54.5 Å². The Bertz CT molecular complexity index is 982. The lowest BCUT2D eigenvalue weighted by molar-refractivity contribution is -0.143. The molecule has 204 valence electrons. The Kier molecular flexibility index (Phi) is 11.1. The number of benzene rings is 1. The van der Waals surface area contributed by atoms with Crippen LogP contribution in [0.5, 0.6) is 5.75 Å². The van der Waals surface area contributed by atoms with Crippen molar-refractivity contribution in [2.75, 3.05) is 19.7 Å². The van der Waals surface area contributed by atoms with Crippen LogP contribution in [0, 0.1) is 0 Å². The molecule has 1 heterocycles. The molecule has 37 heavy (non-hydrogen) atoms. The van der Waals surface area contributed by atoms with Gasteiger partial charge in [0.1, 0.15) is 29.9 Å². The predicted octanol–water partition coefficient (Wildman–Crippen LogP) is -2.65. The van der Waals surface area contributed by atoms with E-state index in [1.54, 1.807) is 0 Å². The Labute approximate surface area is 213 Å². The summed E-state index contributed by atoms with van der Waals surface area (Å²) in [7, 11) is 0. The van der Waals surface area contributed by atoms with E-state index in [-0.39, 0.29) is 37.6 Å². The molecular formula is C23H35N7O7. The van der Waals surface area contributed by atoms with Crippen molar-refractivity contribution in [1.29, 1.82) is 0 Å². The van der Waals surface area contributed by atoms with Gasteiger partial charge in [0.25, 0.3) is 0 Å². The molecule has 4 atom stereocenters. The summed E-state index contributed by atoms with van der Waals surface area (Å²) >= 11 is 0. The van der Waals surface area contributed by atoms with E-state index >= 15 is 0 Å². The number of phenols is 1. The number of amides is 3. The predicted molar refractivity (Wildman–Crippen MR) is 133 cm³/mol. The molecular weight excluding hydrogens is 486 g/mol. The minimum absolute atomic E-state index is 0.0163. The topological polar surface area (TPSA) is 247 Å². The normalized spacial score (nSPS) is 17.4. The molecule has 0 saturated carbocycles. The quantitative estimate of drug-likeness (QED) is 0.0760. The number of carbonyl (C=O) groups excluding carboxylic acids is 3. The first-order valence-electron chi connectivity index (χ1n) is 11.9. The average molecular weight is 522 g/mol. The summed E-state index contributed by atoms with van der Waals surface area (Å²) in [6, 6.07) is 1.39. The van der Waals surface area contributed by atoms with Gasteiger partial charge in [-0.15, -0.1) is 0 Å². The zero-order valence-electron chi connectivity index (χ0n) is 20.4. The van der Waals surface area contributed by atoms with Gasteiger partial charge in [0, 0.05) is 19.5 Å². The summed E-state index contributed by atoms with van der Waals surface area (Å²) in [5.74, 6) is -3.30. The molecule has 14 nitrogen and oxygen atoms in total. The van der Waals surface area contributed by atoms with Gasteiger partial charge in [-0.25, -0.2) is 4.79 Å². The maximum absolute atomic E-state index is 13.1. The highest BCUT2D eigenvalue weighted by molar-refractivity contribution is 5.94. The molecule has 0 radical (unpaired) electrons. The van der Waals surface area contributed by atoms with Gasteiger partial charge in [0.15, 0.2) is 5.96 Å². The number of hydrogen-bond donors (Lipinski definition) is 8. The third kappa shape index (κ3) is 8.91. The van der Waals surface area contributed by atoms with Crippen molar-refractivity contribution in [3.63, 3.8) is 0 Å². The number of aliphatic imine (C=N–C) groups is 1. The molecule has 0 bridgehead atoms. The van der Waals surface area contributed by atoms with Gasteiger partial charge >= 0.3 is 5.97 Å². The molecule has 14 heteroatoms. The number of nitrogens with two attached hydrogens (primary N) is 3. The summed E-state index contributed by atoms with van der Waals surface area (Å²) in [5.41, 5.74) is 16.8. The van der Waals surface area contributed by atoms with E-state index in [1.807, 2.05) is 0 Å². The Morgan fingerprint density at radius 2 is 1.78 bits per heavy atom. The van der Waals surface area contributed by atoms with Crippen molar-refractivity contribution in [2.24, 2.45) is 22.2 Å². The fourth-order valence-corrected chi connectivity index (χ4v) is 3.97. The molecule has 1 aromatic carbocycles. The maximum Gasteiger partial charge on any atom is 0.326 e. The Morgan fingerprint density at radius 3 is 2.38 bits per heavy atom. The van der Waals surface area contributed by atoms with Crippen molar-refractivity contribution in [1.82, 2.24) is 15.5 Å². The fourth-order valence-electron chi connectivity index (χ4n) is 3.97. The van der Waals surface area contributed by atoms with Crippen molar-refractivity contribution in [3.8, 4) is 5.75 Å². The lowest BCUT2D eigenvalue weighted by Crippen LogP contribution is -2.57. The van der Waals surface area contributed by atoms with Crippen molar-refractivity contribution in [2.45, 2.75) is 56.3 Å². The van der Waals surface area contributed by atoms with Crippen molar-refractivity contribution < 1.29 is 34.5 Å². The lowest BCUT2D eigenvalue weighted by atomic mass is 10.0. The molecule has 0 aromatic heterocycles. The highest BCUT2D eigenvalue weighted by atomic mass is 16.4. The van der Waals surface area contributed by atoms with Crippen LogP contribution in [0.15, 0.2) is 29.3 Å². The van der Waals surface area contributed by atoms with Crippen LogP contribution in [-0.4, -0.2) is 93.7 Å². The van der Waals surface area contributed by atoms with E-state index in [0.717, 1.165) is 0 Å². The number of aliphatic hydroxyl groups excluding tert-OH is 1. The first kappa shape index (κ1) is 29.3. The van der Waals surface area contributed by atoms with Crippen LogP contribution in [0.25, 0.3) is 0 Å². The number of aliphatic hydroxyl groups is 1. The number of nitrogens with zero attached hydrogens (tertiary/aromatic N) is 2. The van der Waals surface area contributed by atoms with Crippen molar-refractivity contribution >= 4 is 29.7 Å². The number of aromatic hydroxyl groups is 1. The molecule has 0 spiro atoms. The molecule has 2 rings (SSSR count). The number of likely N-dealkylation sites (tertiary alicyclic amines) is 1. The lowest BCUT2D eigenvalue weighted by Gasteiger charge is -2.28. The highest BCUT2D eigenvalue weighted by Crippen LogP contribution is 2.19. The molecule has 1 aliphatic rings. The minimum Gasteiger partial charge on any atom is -0.508 e. The molecule has 0 aliphatic carbocycles. The van der Waals surface area contributed by atoms with E-state index in [1.165, 1.54) is 29.2 Å². The molecule has 3 amide bonds. The van der Waals surface area contributed by atoms with E-state index in [4.69, 9.17) is 17.2 Å². The van der Waals surface area contributed by atoms with Crippen LogP contribution in [0.4, 0.5) is 0 Å². The number of nitrogens with one attached hydrogen (secondary N) is 2. The second-order valence-corrected chi connectivity index (χ2v) is 8.76. The fraction of sp³-hybridized carbons (Fsp3) is 0.522. The third-order valence-corrected chi connectivity index (χ3v) is 5.92. The highest BCUT2D eigenvalue weighted by Gasteiger charge is 2.37. The second kappa shape index (κ2) is 14.0. The summed E-state index contributed by atoms with van der Waals surface area (Å²) in [5, 5.41) is 33.4. The summed E-state index contributed by atoms with van der Waals surface area (Å²) in [6.45, 7) is -0.117. The maximum atomic E-state index is 13.1. The minimum atomic E-state index is -1.30. The SMILES string of the molecule is NC(N)=NCCCC(NC(=O)C1CCCN1C(=O)C(N)CO)C(=O)NC(Cc1ccc(O)cc1)C(=O)O. The number of phenolic OH excluding ortho intramolecular Hbond substituents is 1. The summed E-state index contributed by atoms with van der Waals surface area (Å²) < 4.78 is 0. The summed E-state index contributed by atoms with van der Waals surface area (Å²) in [6.07, 6.45) is 1.22. The van der Waals surface area contributed by atoms with Crippen LogP contribution in [-0.2, 0) is 25.6 Å². The number of carboxylic acid groups (broad SMARTS) is 1. The molecule has 11 N–H and O–H groups in total.